The highest BCUT2D eigenvalue weighted by molar-refractivity contribution is 7.92. The molecule has 26 heavy (non-hydrogen) atoms. The molecule has 0 amide bonds. The van der Waals surface area contributed by atoms with Crippen LogP contribution in [0.5, 0.6) is 0 Å². The number of carbonyl (C=O) groups excluding carboxylic acids is 2. The van der Waals surface area contributed by atoms with Crippen LogP contribution in [0.4, 0.5) is 5.69 Å². The summed E-state index contributed by atoms with van der Waals surface area (Å²) in [7, 11) is -2.92. The van der Waals surface area contributed by atoms with Crippen LogP contribution in [-0.2, 0) is 19.5 Å². The average molecular weight is 398 g/mol. The molecule has 0 aliphatic carbocycles. The van der Waals surface area contributed by atoms with Crippen LogP contribution in [0.2, 0.25) is 5.02 Å². The Bertz CT molecular complexity index is 942. The van der Waals surface area contributed by atoms with Crippen LogP contribution in [0.3, 0.4) is 0 Å². The van der Waals surface area contributed by atoms with Gasteiger partial charge in [0.15, 0.2) is 0 Å². The number of ether oxygens (including phenoxy) is 2. The van der Waals surface area contributed by atoms with Gasteiger partial charge in [-0.15, -0.1) is 0 Å². The first kappa shape index (κ1) is 19.7. The van der Waals surface area contributed by atoms with Crippen molar-refractivity contribution in [2.24, 2.45) is 0 Å². The Labute approximate surface area is 155 Å². The predicted molar refractivity (Wildman–Crippen MR) is 96.0 cm³/mol. The fraction of sp³-hybridized carbons (Fsp3) is 0.176. The first-order valence-electron chi connectivity index (χ1n) is 7.46. The minimum Gasteiger partial charge on any atom is -0.465 e. The summed E-state index contributed by atoms with van der Waals surface area (Å²) in [6.45, 7) is 1.87. The molecule has 138 valence electrons. The van der Waals surface area contributed by atoms with Crippen molar-refractivity contribution in [1.82, 2.24) is 0 Å². The van der Waals surface area contributed by atoms with Gasteiger partial charge in [0.1, 0.15) is 4.90 Å². The molecule has 0 aromatic heterocycles. The number of hydrogen-bond acceptors (Lipinski definition) is 6. The number of anilines is 1. The summed E-state index contributed by atoms with van der Waals surface area (Å²) in [6, 6.07) is 9.58. The lowest BCUT2D eigenvalue weighted by molar-refractivity contribution is 0.0525. The quantitative estimate of drug-likeness (QED) is 0.752. The Morgan fingerprint density at radius 2 is 1.77 bits per heavy atom. The molecule has 2 aromatic carbocycles. The van der Waals surface area contributed by atoms with Gasteiger partial charge in [0.05, 0.1) is 29.9 Å². The van der Waals surface area contributed by atoms with E-state index in [2.05, 4.69) is 9.46 Å². The van der Waals surface area contributed by atoms with Crippen molar-refractivity contribution >= 4 is 39.3 Å². The zero-order valence-electron chi connectivity index (χ0n) is 14.0. The van der Waals surface area contributed by atoms with E-state index in [4.69, 9.17) is 16.3 Å². The number of rotatable bonds is 6. The number of sulfonamides is 1. The molecule has 9 heteroatoms. The molecular weight excluding hydrogens is 382 g/mol. The number of nitrogens with one attached hydrogen (secondary N) is 1. The van der Waals surface area contributed by atoms with Crippen molar-refractivity contribution < 1.29 is 27.5 Å². The summed E-state index contributed by atoms with van der Waals surface area (Å²) in [4.78, 5) is 23.1. The molecule has 0 spiro atoms. The number of carbonyl (C=O) groups is 2. The van der Waals surface area contributed by atoms with Gasteiger partial charge in [-0.05, 0) is 43.3 Å². The van der Waals surface area contributed by atoms with E-state index in [0.29, 0.717) is 0 Å². The summed E-state index contributed by atoms with van der Waals surface area (Å²) in [5, 5.41) is -0.0632. The fourth-order valence-electron chi connectivity index (χ4n) is 2.09. The van der Waals surface area contributed by atoms with Crippen LogP contribution < -0.4 is 4.72 Å². The highest BCUT2D eigenvalue weighted by atomic mass is 35.5. The summed E-state index contributed by atoms with van der Waals surface area (Å²) >= 11 is 5.97. The van der Waals surface area contributed by atoms with E-state index < -0.39 is 22.0 Å². The third kappa shape index (κ3) is 4.53. The summed E-state index contributed by atoms with van der Waals surface area (Å²) in [5.74, 6) is -1.26. The molecule has 2 rings (SSSR count). The number of methoxy groups -OCH3 is 1. The van der Waals surface area contributed by atoms with E-state index >= 15 is 0 Å². The van der Waals surface area contributed by atoms with Gasteiger partial charge >= 0.3 is 11.9 Å². The molecular formula is C17H16ClNO6S. The molecule has 0 unspecified atom stereocenters. The van der Waals surface area contributed by atoms with Crippen molar-refractivity contribution in [2.75, 3.05) is 18.4 Å². The Hall–Kier alpha value is -2.58. The topological polar surface area (TPSA) is 98.8 Å². The molecule has 0 aliphatic heterocycles. The van der Waals surface area contributed by atoms with Gasteiger partial charge in [-0.2, -0.15) is 0 Å². The van der Waals surface area contributed by atoms with E-state index in [1.807, 2.05) is 0 Å². The van der Waals surface area contributed by atoms with Crippen LogP contribution in [0, 0.1) is 0 Å². The predicted octanol–water partition coefficient (Wildman–Crippen LogP) is 3.10. The molecule has 0 saturated heterocycles. The van der Waals surface area contributed by atoms with Crippen molar-refractivity contribution in [2.45, 2.75) is 11.8 Å². The normalized spacial score (nSPS) is 10.9. The smallest absolute Gasteiger partial charge is 0.338 e. The van der Waals surface area contributed by atoms with Crippen molar-refractivity contribution in [1.29, 1.82) is 0 Å². The van der Waals surface area contributed by atoms with Crippen molar-refractivity contribution in [3.8, 4) is 0 Å². The number of halogens is 1. The second kappa shape index (κ2) is 8.20. The van der Waals surface area contributed by atoms with Crippen molar-refractivity contribution in [3.63, 3.8) is 0 Å². The van der Waals surface area contributed by atoms with Gasteiger partial charge in [0.2, 0.25) is 0 Å². The number of benzene rings is 2. The van der Waals surface area contributed by atoms with Crippen LogP contribution in [0.15, 0.2) is 47.4 Å². The molecule has 1 N–H and O–H groups in total. The maximum absolute atomic E-state index is 12.6. The first-order chi connectivity index (χ1) is 12.3. The molecule has 0 fully saturated rings. The molecule has 2 aromatic rings. The number of esters is 2. The standard InChI is InChI=1S/C17H16ClNO6S/c1-3-25-17(21)11-5-4-6-13(9-11)19-26(22,23)15-10-12(16(20)24-2)7-8-14(15)18/h4-10,19H,3H2,1-2H3. The average Bonchev–Trinajstić information content (AvgIpc) is 2.61. The third-order valence-corrected chi connectivity index (χ3v) is 5.13. The van der Waals surface area contributed by atoms with Crippen molar-refractivity contribution in [3.05, 3.63) is 58.6 Å². The Balaban J connectivity index is 2.36. The highest BCUT2D eigenvalue weighted by Crippen LogP contribution is 2.25. The zero-order valence-corrected chi connectivity index (χ0v) is 15.6. The van der Waals surface area contributed by atoms with Gasteiger partial charge in [-0.25, -0.2) is 18.0 Å². The molecule has 0 saturated carbocycles. The fourth-order valence-corrected chi connectivity index (χ4v) is 3.66. The summed E-state index contributed by atoms with van der Waals surface area (Å²) in [6.07, 6.45) is 0. The minimum absolute atomic E-state index is 0.0394. The lowest BCUT2D eigenvalue weighted by Gasteiger charge is -2.11. The highest BCUT2D eigenvalue weighted by Gasteiger charge is 2.21. The SMILES string of the molecule is CCOC(=O)c1cccc(NS(=O)(=O)c2cc(C(=O)OC)ccc2Cl)c1. The summed E-state index contributed by atoms with van der Waals surface area (Å²) < 4.78 is 37.0. The number of hydrogen-bond donors (Lipinski definition) is 1. The van der Waals surface area contributed by atoms with Gasteiger partial charge < -0.3 is 9.47 Å². The van der Waals surface area contributed by atoms with Crippen LogP contribution >= 0.6 is 11.6 Å². The maximum Gasteiger partial charge on any atom is 0.338 e. The van der Waals surface area contributed by atoms with Gasteiger partial charge in [0, 0.05) is 5.69 Å². The molecule has 7 nitrogen and oxygen atoms in total. The molecule has 0 bridgehead atoms. The monoisotopic (exact) mass is 397 g/mol. The van der Waals surface area contributed by atoms with Gasteiger partial charge in [-0.3, -0.25) is 4.72 Å². The minimum atomic E-state index is -4.10. The van der Waals surface area contributed by atoms with E-state index in [1.54, 1.807) is 6.92 Å². The summed E-state index contributed by atoms with van der Waals surface area (Å²) in [5.41, 5.74) is 0.383. The molecule has 0 aliphatic rings. The first-order valence-corrected chi connectivity index (χ1v) is 9.32. The van der Waals surface area contributed by atoms with E-state index in [1.165, 1.54) is 43.5 Å². The lowest BCUT2D eigenvalue weighted by atomic mass is 10.2. The zero-order chi connectivity index (χ0) is 19.3. The van der Waals surface area contributed by atoms with E-state index in [0.717, 1.165) is 6.07 Å². The van der Waals surface area contributed by atoms with Crippen LogP contribution in [0.25, 0.3) is 0 Å². The Kier molecular flexibility index (Phi) is 6.23. The van der Waals surface area contributed by atoms with Gasteiger partial charge in [0.25, 0.3) is 10.0 Å². The van der Waals surface area contributed by atoms with Crippen LogP contribution in [-0.4, -0.2) is 34.1 Å². The molecule has 0 atom stereocenters. The molecule has 0 heterocycles. The Morgan fingerprint density at radius 1 is 1.08 bits per heavy atom. The molecule has 0 radical (unpaired) electrons. The van der Waals surface area contributed by atoms with E-state index in [-0.39, 0.29) is 33.3 Å². The maximum atomic E-state index is 12.6. The third-order valence-electron chi connectivity index (χ3n) is 3.27. The van der Waals surface area contributed by atoms with Gasteiger partial charge in [-0.1, -0.05) is 17.7 Å². The van der Waals surface area contributed by atoms with E-state index in [9.17, 15) is 18.0 Å². The lowest BCUT2D eigenvalue weighted by Crippen LogP contribution is -2.15. The Morgan fingerprint density at radius 3 is 2.42 bits per heavy atom. The largest absolute Gasteiger partial charge is 0.465 e. The second-order valence-electron chi connectivity index (χ2n) is 5.04. The second-order valence-corrected chi connectivity index (χ2v) is 7.10. The van der Waals surface area contributed by atoms with Crippen LogP contribution in [0.1, 0.15) is 27.6 Å².